The maximum absolute atomic E-state index is 11.2. The number of carboxylic acids is 1. The van der Waals surface area contributed by atoms with Crippen LogP contribution < -0.4 is 0 Å². The predicted octanol–water partition coefficient (Wildman–Crippen LogP) is 4.16. The van der Waals surface area contributed by atoms with Crippen LogP contribution in [0.2, 0.25) is 0 Å². The van der Waals surface area contributed by atoms with Crippen molar-refractivity contribution >= 4 is 22.9 Å². The summed E-state index contributed by atoms with van der Waals surface area (Å²) in [5, 5.41) is 10.8. The van der Waals surface area contributed by atoms with Gasteiger partial charge in [0.1, 0.15) is 6.04 Å². The predicted molar refractivity (Wildman–Crippen MR) is 114 cm³/mol. The van der Waals surface area contributed by atoms with E-state index in [1.165, 1.54) is 0 Å². The minimum absolute atomic E-state index is 0.0477. The van der Waals surface area contributed by atoms with Crippen molar-refractivity contribution in [2.45, 2.75) is 24.3 Å². The molecule has 1 aromatic carbocycles. The molecule has 1 saturated heterocycles. The van der Waals surface area contributed by atoms with E-state index in [9.17, 15) is 9.90 Å². The lowest BCUT2D eigenvalue weighted by molar-refractivity contribution is 0.0697. The average Bonchev–Trinajstić information content (AvgIpc) is 3.42. The van der Waals surface area contributed by atoms with Crippen molar-refractivity contribution in [3.8, 4) is 5.69 Å². The molecule has 5 rings (SSSR count). The van der Waals surface area contributed by atoms with Crippen LogP contribution in [0.15, 0.2) is 72.0 Å². The summed E-state index contributed by atoms with van der Waals surface area (Å²) in [6.07, 6.45) is 3.83. The van der Waals surface area contributed by atoms with Crippen molar-refractivity contribution in [1.82, 2.24) is 14.5 Å². The summed E-state index contributed by atoms with van der Waals surface area (Å²) < 4.78 is 2.12. The van der Waals surface area contributed by atoms with Gasteiger partial charge in [-0.25, -0.2) is 4.79 Å². The number of carbonyl (C=O) groups is 1. The van der Waals surface area contributed by atoms with E-state index in [1.54, 1.807) is 12.1 Å². The summed E-state index contributed by atoms with van der Waals surface area (Å²) >= 11 is 1.82. The molecular formula is C22H20N4O2S. The van der Waals surface area contributed by atoms with E-state index in [0.29, 0.717) is 5.25 Å². The van der Waals surface area contributed by atoms with Crippen molar-refractivity contribution in [2.75, 3.05) is 6.54 Å². The van der Waals surface area contributed by atoms with Crippen LogP contribution in [0.3, 0.4) is 0 Å². The maximum atomic E-state index is 11.2. The number of benzene rings is 1. The molecule has 3 atom stereocenters. The second-order valence-electron chi connectivity index (χ2n) is 7.29. The number of pyridine rings is 1. The maximum Gasteiger partial charge on any atom is 0.335 e. The van der Waals surface area contributed by atoms with Crippen LogP contribution in [0.4, 0.5) is 0 Å². The van der Waals surface area contributed by atoms with Gasteiger partial charge in [0.25, 0.3) is 0 Å². The van der Waals surface area contributed by atoms with Gasteiger partial charge < -0.3 is 14.6 Å². The monoisotopic (exact) mass is 404 g/mol. The van der Waals surface area contributed by atoms with Gasteiger partial charge in [0.2, 0.25) is 0 Å². The Morgan fingerprint density at radius 3 is 2.69 bits per heavy atom. The largest absolute Gasteiger partial charge is 0.478 e. The van der Waals surface area contributed by atoms with Gasteiger partial charge in [-0.15, -0.1) is 0 Å². The number of amidine groups is 1. The number of hydrogen-bond donors (Lipinski definition) is 1. The molecule has 0 bridgehead atoms. The molecule has 1 N–H and O–H groups in total. The first-order chi connectivity index (χ1) is 14.1. The summed E-state index contributed by atoms with van der Waals surface area (Å²) in [6, 6.07) is 17.1. The molecular weight excluding hydrogens is 384 g/mol. The zero-order chi connectivity index (χ0) is 20.0. The minimum Gasteiger partial charge on any atom is -0.478 e. The Kier molecular flexibility index (Phi) is 4.39. The van der Waals surface area contributed by atoms with Gasteiger partial charge in [0, 0.05) is 35.6 Å². The van der Waals surface area contributed by atoms with E-state index in [-0.39, 0.29) is 17.6 Å². The summed E-state index contributed by atoms with van der Waals surface area (Å²) in [7, 11) is 0. The molecule has 0 unspecified atom stereocenters. The van der Waals surface area contributed by atoms with E-state index in [4.69, 9.17) is 4.99 Å². The van der Waals surface area contributed by atoms with Crippen molar-refractivity contribution in [3.63, 3.8) is 0 Å². The van der Waals surface area contributed by atoms with Gasteiger partial charge >= 0.3 is 5.97 Å². The molecule has 29 heavy (non-hydrogen) atoms. The highest BCUT2D eigenvalue weighted by Crippen LogP contribution is 2.47. The first-order valence-corrected chi connectivity index (χ1v) is 10.4. The Labute approximate surface area is 172 Å². The van der Waals surface area contributed by atoms with Crippen LogP contribution in [-0.2, 0) is 0 Å². The van der Waals surface area contributed by atoms with Gasteiger partial charge in [-0.3, -0.25) is 9.98 Å². The molecule has 1 fully saturated rings. The van der Waals surface area contributed by atoms with E-state index in [0.717, 1.165) is 28.8 Å². The molecule has 0 aliphatic carbocycles. The second kappa shape index (κ2) is 7.08. The summed E-state index contributed by atoms with van der Waals surface area (Å²) in [6.45, 7) is 3.17. The molecule has 7 heteroatoms. The first-order valence-electron chi connectivity index (χ1n) is 9.55. The Hall–Kier alpha value is -3.06. The number of aliphatic imine (C=N–C) groups is 1. The summed E-state index contributed by atoms with van der Waals surface area (Å²) in [4.78, 5) is 23.2. The lowest BCUT2D eigenvalue weighted by Crippen LogP contribution is -2.30. The normalized spacial score (nSPS) is 23.1. The topological polar surface area (TPSA) is 70.7 Å². The molecule has 4 heterocycles. The van der Waals surface area contributed by atoms with Crippen LogP contribution in [0.1, 0.15) is 40.8 Å². The van der Waals surface area contributed by atoms with E-state index >= 15 is 0 Å². The Morgan fingerprint density at radius 2 is 1.97 bits per heavy atom. The highest BCUT2D eigenvalue weighted by Gasteiger charge is 2.44. The number of carboxylic acid groups (broad SMARTS) is 1. The molecule has 6 nitrogen and oxygen atoms in total. The number of hydrogen-bond acceptors (Lipinski definition) is 5. The highest BCUT2D eigenvalue weighted by molar-refractivity contribution is 8.14. The van der Waals surface area contributed by atoms with E-state index < -0.39 is 5.97 Å². The van der Waals surface area contributed by atoms with Gasteiger partial charge in [-0.2, -0.15) is 0 Å². The fraction of sp³-hybridized carbons (Fsp3) is 0.227. The molecule has 0 spiro atoms. The average molecular weight is 404 g/mol. The second-order valence-corrected chi connectivity index (χ2v) is 8.70. The van der Waals surface area contributed by atoms with Crippen LogP contribution >= 0.6 is 11.8 Å². The Balaban J connectivity index is 1.57. The Bertz CT molecular complexity index is 1080. The van der Waals surface area contributed by atoms with Crippen molar-refractivity contribution < 1.29 is 9.90 Å². The molecule has 3 aromatic rings. The first kappa shape index (κ1) is 18.0. The molecule has 146 valence electrons. The molecule has 0 radical (unpaired) electrons. The smallest absolute Gasteiger partial charge is 0.335 e. The lowest BCUT2D eigenvalue weighted by atomic mass is 10.0. The number of fused-ring (bicyclic) bond motifs is 1. The van der Waals surface area contributed by atoms with Crippen molar-refractivity contribution in [1.29, 1.82) is 0 Å². The lowest BCUT2D eigenvalue weighted by Gasteiger charge is -2.28. The molecule has 2 aromatic heterocycles. The van der Waals surface area contributed by atoms with Crippen LogP contribution in [-0.4, -0.2) is 42.5 Å². The third-order valence-corrected chi connectivity index (χ3v) is 6.46. The summed E-state index contributed by atoms with van der Waals surface area (Å²) in [5.41, 5.74) is 3.30. The summed E-state index contributed by atoms with van der Waals surface area (Å²) in [5.74, 6) is -0.920. The standard InChI is InChI=1S/C22H20N4O2S/c1-14-13-26-20(19(24-22(26)29-14)17-5-2-3-11-23-17)18-6-4-12-25(18)16-9-7-15(8-10-16)21(27)28/h2-12,14,19-20H,13H2,1H3,(H,27,28)/t14-,19-,20+/m1/s1. The Morgan fingerprint density at radius 1 is 1.14 bits per heavy atom. The van der Waals surface area contributed by atoms with Gasteiger partial charge in [0.15, 0.2) is 5.17 Å². The van der Waals surface area contributed by atoms with Crippen LogP contribution in [0.25, 0.3) is 5.69 Å². The number of aromatic nitrogens is 2. The fourth-order valence-corrected chi connectivity index (χ4v) is 5.17. The number of thioether (sulfide) groups is 1. The minimum atomic E-state index is -0.920. The van der Waals surface area contributed by atoms with Crippen molar-refractivity contribution in [2.24, 2.45) is 4.99 Å². The third-order valence-electron chi connectivity index (χ3n) is 5.36. The van der Waals surface area contributed by atoms with Gasteiger partial charge in [-0.1, -0.05) is 24.8 Å². The van der Waals surface area contributed by atoms with Crippen LogP contribution in [0.5, 0.6) is 0 Å². The number of nitrogens with zero attached hydrogens (tertiary/aromatic N) is 4. The quantitative estimate of drug-likeness (QED) is 0.707. The SMILES string of the molecule is C[C@@H]1CN2C(=N[C@H](c3ccccn3)[C@@H]2c2cccn2-c2ccc(C(=O)O)cc2)S1. The van der Waals surface area contributed by atoms with E-state index in [1.807, 2.05) is 60.6 Å². The number of rotatable bonds is 4. The molecule has 0 amide bonds. The zero-order valence-electron chi connectivity index (χ0n) is 15.8. The third kappa shape index (κ3) is 3.11. The zero-order valence-corrected chi connectivity index (χ0v) is 16.7. The van der Waals surface area contributed by atoms with E-state index in [2.05, 4.69) is 27.4 Å². The van der Waals surface area contributed by atoms with Gasteiger partial charge in [-0.05, 0) is 48.5 Å². The van der Waals surface area contributed by atoms with Crippen LogP contribution in [0, 0.1) is 0 Å². The molecule has 2 aliphatic rings. The number of aromatic carboxylic acids is 1. The highest BCUT2D eigenvalue weighted by atomic mass is 32.2. The van der Waals surface area contributed by atoms with Gasteiger partial charge in [0.05, 0.1) is 17.3 Å². The fourth-order valence-electron chi connectivity index (χ4n) is 4.07. The molecule has 0 saturated carbocycles. The van der Waals surface area contributed by atoms with Crippen molar-refractivity contribution in [3.05, 3.63) is 83.9 Å². The molecule has 2 aliphatic heterocycles.